The Morgan fingerprint density at radius 1 is 1.03 bits per heavy atom. The van der Waals surface area contributed by atoms with Crippen LogP contribution in [-0.4, -0.2) is 69.5 Å². The second kappa shape index (κ2) is 15.3. The van der Waals surface area contributed by atoms with Crippen LogP contribution in [0.1, 0.15) is 25.8 Å². The Bertz CT molecular complexity index is 860. The first-order valence-corrected chi connectivity index (χ1v) is 11.1. The van der Waals surface area contributed by atoms with Crippen molar-refractivity contribution >= 4 is 23.9 Å². The van der Waals surface area contributed by atoms with Crippen LogP contribution in [0.4, 0.5) is 4.79 Å². The maximum atomic E-state index is 13.1. The molecule has 1 aromatic rings. The molecule has 1 unspecified atom stereocenters. The second-order valence-electron chi connectivity index (χ2n) is 8.10. The number of hydrogen-bond acceptors (Lipinski definition) is 8. The molecule has 0 aromatic heterocycles. The zero-order chi connectivity index (χ0) is 26.4. The van der Waals surface area contributed by atoms with Crippen LogP contribution < -0.4 is 16.4 Å². The molecule has 0 fully saturated rings. The van der Waals surface area contributed by atoms with Gasteiger partial charge in [-0.05, 0) is 30.9 Å². The van der Waals surface area contributed by atoms with E-state index >= 15 is 0 Å². The van der Waals surface area contributed by atoms with Crippen molar-refractivity contribution in [1.29, 1.82) is 0 Å². The highest BCUT2D eigenvalue weighted by Gasteiger charge is 2.36. The van der Waals surface area contributed by atoms with Crippen LogP contribution in [0.3, 0.4) is 0 Å². The molecule has 0 spiro atoms. The van der Waals surface area contributed by atoms with Crippen LogP contribution in [0, 0.1) is 5.92 Å². The molecule has 11 nitrogen and oxygen atoms in total. The largest absolute Gasteiger partial charge is 0.490 e. The van der Waals surface area contributed by atoms with E-state index in [1.165, 1.54) is 14.2 Å². The standard InChI is InChI=1S/C24H35N3O8/c1-15(2)13-19(34-24(25)31)21(28)27-18(14-17-9-7-6-8-10-17)20(22(29)26-11-12-32-4)35-23(30)16(3)33-5/h6-10,15,18-20H,3,11-14H2,1-2,4-5H3,(H2,25,31)(H,26,29)(H,27,28)/t18-,19-,20?/m0/s1. The van der Waals surface area contributed by atoms with Crippen molar-refractivity contribution < 1.29 is 38.1 Å². The van der Waals surface area contributed by atoms with E-state index in [1.54, 1.807) is 24.3 Å². The molecule has 0 saturated carbocycles. The van der Waals surface area contributed by atoms with Crippen molar-refractivity contribution in [3.05, 3.63) is 48.2 Å². The number of carbonyl (C=O) groups excluding carboxylic acids is 4. The lowest BCUT2D eigenvalue weighted by molar-refractivity contribution is -0.158. The van der Waals surface area contributed by atoms with Gasteiger partial charge in [-0.3, -0.25) is 9.59 Å². The lowest BCUT2D eigenvalue weighted by atomic mass is 9.99. The average molecular weight is 494 g/mol. The van der Waals surface area contributed by atoms with Crippen molar-refractivity contribution in [1.82, 2.24) is 10.6 Å². The number of benzene rings is 1. The average Bonchev–Trinajstić information content (AvgIpc) is 2.81. The van der Waals surface area contributed by atoms with Crippen LogP contribution in [0.2, 0.25) is 0 Å². The molecule has 1 rings (SSSR count). The summed E-state index contributed by atoms with van der Waals surface area (Å²) >= 11 is 0. The molecular formula is C24H35N3O8. The topological polar surface area (TPSA) is 155 Å². The summed E-state index contributed by atoms with van der Waals surface area (Å²) in [7, 11) is 2.70. The fraction of sp³-hybridized carbons (Fsp3) is 0.500. The van der Waals surface area contributed by atoms with Crippen molar-refractivity contribution in [3.8, 4) is 0 Å². The summed E-state index contributed by atoms with van der Waals surface area (Å²) in [6, 6.07) is 7.94. The minimum absolute atomic E-state index is 0.00586. The first kappa shape index (κ1) is 29.4. The Labute approximate surface area is 205 Å². The molecule has 1 aromatic carbocycles. The quantitative estimate of drug-likeness (QED) is 0.142. The van der Waals surface area contributed by atoms with Crippen LogP contribution in [0.5, 0.6) is 0 Å². The van der Waals surface area contributed by atoms with Gasteiger partial charge in [0.15, 0.2) is 11.9 Å². The minimum Gasteiger partial charge on any atom is -0.490 e. The Kier molecular flexibility index (Phi) is 12.9. The molecule has 35 heavy (non-hydrogen) atoms. The highest BCUT2D eigenvalue weighted by atomic mass is 16.6. The molecule has 0 aliphatic carbocycles. The molecule has 0 aliphatic rings. The van der Waals surface area contributed by atoms with E-state index in [2.05, 4.69) is 17.2 Å². The number of rotatable bonds is 15. The fourth-order valence-corrected chi connectivity index (χ4v) is 3.11. The van der Waals surface area contributed by atoms with Crippen molar-refractivity contribution in [3.63, 3.8) is 0 Å². The summed E-state index contributed by atoms with van der Waals surface area (Å²) in [5, 5.41) is 5.31. The van der Waals surface area contributed by atoms with Gasteiger partial charge in [0.05, 0.1) is 19.8 Å². The summed E-state index contributed by atoms with van der Waals surface area (Å²) in [5.41, 5.74) is 5.90. The molecule has 0 radical (unpaired) electrons. The van der Waals surface area contributed by atoms with E-state index in [0.717, 1.165) is 5.56 Å². The van der Waals surface area contributed by atoms with Gasteiger partial charge in [0.2, 0.25) is 6.10 Å². The van der Waals surface area contributed by atoms with Crippen molar-refractivity contribution in [2.45, 2.75) is 44.9 Å². The number of esters is 1. The first-order valence-electron chi connectivity index (χ1n) is 11.1. The monoisotopic (exact) mass is 493 g/mol. The van der Waals surface area contributed by atoms with Gasteiger partial charge in [0, 0.05) is 13.7 Å². The van der Waals surface area contributed by atoms with E-state index in [-0.39, 0.29) is 37.7 Å². The molecule has 194 valence electrons. The Morgan fingerprint density at radius 2 is 1.69 bits per heavy atom. The molecule has 0 bridgehead atoms. The Morgan fingerprint density at radius 3 is 2.23 bits per heavy atom. The normalized spacial score (nSPS) is 13.2. The fourth-order valence-electron chi connectivity index (χ4n) is 3.11. The van der Waals surface area contributed by atoms with Gasteiger partial charge in [-0.1, -0.05) is 44.2 Å². The van der Waals surface area contributed by atoms with Gasteiger partial charge < -0.3 is 35.3 Å². The van der Waals surface area contributed by atoms with Gasteiger partial charge in [-0.2, -0.15) is 0 Å². The molecule has 0 saturated heterocycles. The highest BCUT2D eigenvalue weighted by Crippen LogP contribution is 2.14. The van der Waals surface area contributed by atoms with Gasteiger partial charge in [0.25, 0.3) is 11.8 Å². The number of methoxy groups -OCH3 is 2. The molecule has 0 heterocycles. The van der Waals surface area contributed by atoms with Gasteiger partial charge in [-0.25, -0.2) is 9.59 Å². The summed E-state index contributed by atoms with van der Waals surface area (Å²) in [6.45, 7) is 7.50. The molecular weight excluding hydrogens is 458 g/mol. The van der Waals surface area contributed by atoms with Gasteiger partial charge in [-0.15, -0.1) is 0 Å². The Hall–Kier alpha value is -3.60. The van der Waals surface area contributed by atoms with Crippen LogP contribution in [0.15, 0.2) is 42.7 Å². The number of primary amides is 1. The third-order valence-electron chi connectivity index (χ3n) is 4.80. The summed E-state index contributed by atoms with van der Waals surface area (Å²) in [6.07, 6.45) is -3.47. The molecule has 3 amide bonds. The molecule has 0 aliphatic heterocycles. The van der Waals surface area contributed by atoms with Crippen LogP contribution in [0.25, 0.3) is 0 Å². The summed E-state index contributed by atoms with van der Waals surface area (Å²) in [5.74, 6) is -2.65. The number of nitrogens with one attached hydrogen (secondary N) is 2. The molecule has 11 heteroatoms. The van der Waals surface area contributed by atoms with E-state index in [0.29, 0.717) is 0 Å². The van der Waals surface area contributed by atoms with Crippen LogP contribution >= 0.6 is 0 Å². The highest BCUT2D eigenvalue weighted by molar-refractivity contribution is 5.91. The lowest BCUT2D eigenvalue weighted by Crippen LogP contribution is -2.56. The van der Waals surface area contributed by atoms with Crippen LogP contribution in [-0.2, 0) is 39.8 Å². The Balaban J connectivity index is 3.31. The smallest absolute Gasteiger partial charge is 0.405 e. The summed E-state index contributed by atoms with van der Waals surface area (Å²) < 4.78 is 20.2. The van der Waals surface area contributed by atoms with E-state index in [4.69, 9.17) is 24.7 Å². The third kappa shape index (κ3) is 10.9. The first-order chi connectivity index (χ1) is 16.6. The maximum Gasteiger partial charge on any atom is 0.405 e. The van der Waals surface area contributed by atoms with E-state index in [9.17, 15) is 19.2 Å². The van der Waals surface area contributed by atoms with Gasteiger partial charge >= 0.3 is 12.1 Å². The lowest BCUT2D eigenvalue weighted by Gasteiger charge is -2.29. The number of nitrogens with two attached hydrogens (primary N) is 1. The zero-order valence-corrected chi connectivity index (χ0v) is 20.6. The summed E-state index contributed by atoms with van der Waals surface area (Å²) in [4.78, 5) is 49.9. The van der Waals surface area contributed by atoms with Gasteiger partial charge in [0.1, 0.15) is 0 Å². The predicted molar refractivity (Wildman–Crippen MR) is 127 cm³/mol. The van der Waals surface area contributed by atoms with Crippen molar-refractivity contribution in [2.75, 3.05) is 27.4 Å². The number of amides is 3. The minimum atomic E-state index is -1.47. The van der Waals surface area contributed by atoms with Crippen molar-refractivity contribution in [2.24, 2.45) is 11.7 Å². The number of carbonyl (C=O) groups is 4. The SMILES string of the molecule is C=C(OC)C(=O)OC(C(=O)NCCOC)[C@H](Cc1ccccc1)NC(=O)[C@H](CC(C)C)OC(N)=O. The second-order valence-corrected chi connectivity index (χ2v) is 8.10. The predicted octanol–water partition coefficient (Wildman–Crippen LogP) is 1.06. The zero-order valence-electron chi connectivity index (χ0n) is 20.6. The maximum absolute atomic E-state index is 13.1. The third-order valence-corrected chi connectivity index (χ3v) is 4.80. The molecule has 3 atom stereocenters. The number of hydrogen-bond donors (Lipinski definition) is 3. The van der Waals surface area contributed by atoms with E-state index in [1.807, 2.05) is 19.9 Å². The number of ether oxygens (including phenoxy) is 4. The van der Waals surface area contributed by atoms with E-state index < -0.39 is 42.1 Å². The molecule has 4 N–H and O–H groups in total.